The number of aromatic nitrogens is 1. The summed E-state index contributed by atoms with van der Waals surface area (Å²) in [5.41, 5.74) is 0.491. The maximum atomic E-state index is 11.9. The van der Waals surface area contributed by atoms with Crippen LogP contribution in [0.5, 0.6) is 0 Å². The van der Waals surface area contributed by atoms with E-state index in [0.29, 0.717) is 23.0 Å². The van der Waals surface area contributed by atoms with Gasteiger partial charge in [-0.15, -0.1) is 0 Å². The van der Waals surface area contributed by atoms with E-state index in [1.54, 1.807) is 12.3 Å². The lowest BCUT2D eigenvalue weighted by molar-refractivity contribution is 0.0945. The van der Waals surface area contributed by atoms with Crippen LogP contribution in [0.2, 0.25) is 5.02 Å². The van der Waals surface area contributed by atoms with Gasteiger partial charge in [-0.3, -0.25) is 9.78 Å². The van der Waals surface area contributed by atoms with E-state index in [1.807, 2.05) is 0 Å². The van der Waals surface area contributed by atoms with Gasteiger partial charge in [-0.1, -0.05) is 11.6 Å². The summed E-state index contributed by atoms with van der Waals surface area (Å²) < 4.78 is 0. The molecule has 1 atom stereocenters. The summed E-state index contributed by atoms with van der Waals surface area (Å²) >= 11 is 5.90. The standard InChI is InChI=1S/C12H16ClN3O/c13-11-8-15-5-3-10(11)12(17)16-7-9-2-1-4-14-6-9/h3,5,8-9,14H,1-2,4,6-7H2,(H,16,17)/t9-/m1/s1. The first-order valence-corrected chi connectivity index (χ1v) is 6.23. The van der Waals surface area contributed by atoms with Crippen molar-refractivity contribution in [1.29, 1.82) is 0 Å². The molecule has 0 saturated carbocycles. The molecule has 0 radical (unpaired) electrons. The van der Waals surface area contributed by atoms with Crippen molar-refractivity contribution in [2.24, 2.45) is 5.92 Å². The third kappa shape index (κ3) is 3.41. The molecule has 1 aromatic rings. The highest BCUT2D eigenvalue weighted by molar-refractivity contribution is 6.33. The van der Waals surface area contributed by atoms with Crippen molar-refractivity contribution >= 4 is 17.5 Å². The highest BCUT2D eigenvalue weighted by Gasteiger charge is 2.15. The first kappa shape index (κ1) is 12.3. The molecule has 4 nitrogen and oxygen atoms in total. The number of piperidine rings is 1. The summed E-state index contributed by atoms with van der Waals surface area (Å²) in [5.74, 6) is 0.399. The van der Waals surface area contributed by atoms with E-state index in [1.165, 1.54) is 12.6 Å². The first-order chi connectivity index (χ1) is 8.27. The average molecular weight is 254 g/mol. The SMILES string of the molecule is O=C(NC[C@@H]1CCCNC1)c1ccncc1Cl. The number of carbonyl (C=O) groups excluding carboxylic acids is 1. The van der Waals surface area contributed by atoms with Crippen molar-refractivity contribution in [3.8, 4) is 0 Å². The molecule has 2 N–H and O–H groups in total. The molecule has 0 bridgehead atoms. The van der Waals surface area contributed by atoms with Crippen LogP contribution in [-0.2, 0) is 0 Å². The van der Waals surface area contributed by atoms with Crippen molar-refractivity contribution in [3.63, 3.8) is 0 Å². The summed E-state index contributed by atoms with van der Waals surface area (Å²) in [7, 11) is 0. The molecular formula is C12H16ClN3O. The van der Waals surface area contributed by atoms with Gasteiger partial charge in [-0.2, -0.15) is 0 Å². The maximum Gasteiger partial charge on any atom is 0.252 e. The van der Waals surface area contributed by atoms with Crippen LogP contribution in [0.15, 0.2) is 18.5 Å². The predicted molar refractivity (Wildman–Crippen MR) is 67.2 cm³/mol. The minimum Gasteiger partial charge on any atom is -0.352 e. The Hall–Kier alpha value is -1.13. The number of nitrogens with zero attached hydrogens (tertiary/aromatic N) is 1. The topological polar surface area (TPSA) is 54.0 Å². The van der Waals surface area contributed by atoms with Crippen LogP contribution in [0, 0.1) is 5.92 Å². The van der Waals surface area contributed by atoms with Gasteiger partial charge in [0.25, 0.3) is 5.91 Å². The normalized spacial score (nSPS) is 19.9. The Kier molecular flexibility index (Phi) is 4.34. The van der Waals surface area contributed by atoms with Crippen LogP contribution in [-0.4, -0.2) is 30.5 Å². The van der Waals surface area contributed by atoms with Crippen molar-refractivity contribution in [2.75, 3.05) is 19.6 Å². The Morgan fingerprint density at radius 1 is 1.65 bits per heavy atom. The van der Waals surface area contributed by atoms with Crippen LogP contribution in [0.1, 0.15) is 23.2 Å². The molecule has 0 spiro atoms. The largest absolute Gasteiger partial charge is 0.352 e. The molecule has 1 aliphatic rings. The van der Waals surface area contributed by atoms with E-state index in [-0.39, 0.29) is 5.91 Å². The smallest absolute Gasteiger partial charge is 0.252 e. The summed E-state index contributed by atoms with van der Waals surface area (Å²) in [6, 6.07) is 1.64. The Labute approximate surface area is 106 Å². The van der Waals surface area contributed by atoms with Gasteiger partial charge in [0.15, 0.2) is 0 Å². The highest BCUT2D eigenvalue weighted by atomic mass is 35.5. The highest BCUT2D eigenvalue weighted by Crippen LogP contribution is 2.13. The molecule has 17 heavy (non-hydrogen) atoms. The van der Waals surface area contributed by atoms with Gasteiger partial charge in [0, 0.05) is 18.9 Å². The second-order valence-electron chi connectivity index (χ2n) is 4.28. The molecule has 0 aliphatic carbocycles. The number of halogens is 1. The molecule has 1 saturated heterocycles. The minimum atomic E-state index is -0.122. The van der Waals surface area contributed by atoms with E-state index < -0.39 is 0 Å². The van der Waals surface area contributed by atoms with E-state index in [0.717, 1.165) is 19.5 Å². The van der Waals surface area contributed by atoms with Crippen LogP contribution < -0.4 is 10.6 Å². The molecule has 5 heteroatoms. The Bertz CT molecular complexity index is 391. The minimum absolute atomic E-state index is 0.122. The third-order valence-electron chi connectivity index (χ3n) is 2.97. The fourth-order valence-corrected chi connectivity index (χ4v) is 2.19. The van der Waals surface area contributed by atoms with Gasteiger partial charge in [0.05, 0.1) is 10.6 Å². The van der Waals surface area contributed by atoms with E-state index in [9.17, 15) is 4.79 Å². The van der Waals surface area contributed by atoms with Gasteiger partial charge in [0.1, 0.15) is 0 Å². The number of amides is 1. The Morgan fingerprint density at radius 2 is 2.53 bits per heavy atom. The fraction of sp³-hybridized carbons (Fsp3) is 0.500. The lowest BCUT2D eigenvalue weighted by Crippen LogP contribution is -2.38. The second kappa shape index (κ2) is 5.98. The van der Waals surface area contributed by atoms with Gasteiger partial charge < -0.3 is 10.6 Å². The second-order valence-corrected chi connectivity index (χ2v) is 4.69. The summed E-state index contributed by atoms with van der Waals surface area (Å²) in [6.45, 7) is 2.76. The number of pyridine rings is 1. The molecule has 0 aromatic carbocycles. The van der Waals surface area contributed by atoms with Crippen LogP contribution in [0.25, 0.3) is 0 Å². The fourth-order valence-electron chi connectivity index (χ4n) is 1.99. The summed E-state index contributed by atoms with van der Waals surface area (Å²) in [5, 5.41) is 6.64. The lowest BCUT2D eigenvalue weighted by Gasteiger charge is -2.22. The summed E-state index contributed by atoms with van der Waals surface area (Å²) in [6.07, 6.45) is 5.40. The zero-order chi connectivity index (χ0) is 12.1. The van der Waals surface area contributed by atoms with Crippen molar-refractivity contribution in [2.45, 2.75) is 12.8 Å². The van der Waals surface area contributed by atoms with E-state index in [2.05, 4.69) is 15.6 Å². The molecule has 2 heterocycles. The number of hydrogen-bond acceptors (Lipinski definition) is 3. The molecule has 1 aromatic heterocycles. The first-order valence-electron chi connectivity index (χ1n) is 5.86. The van der Waals surface area contributed by atoms with Crippen molar-refractivity contribution < 1.29 is 4.79 Å². The van der Waals surface area contributed by atoms with Crippen LogP contribution >= 0.6 is 11.6 Å². The molecular weight excluding hydrogens is 238 g/mol. The number of hydrogen-bond donors (Lipinski definition) is 2. The van der Waals surface area contributed by atoms with Gasteiger partial charge >= 0.3 is 0 Å². The van der Waals surface area contributed by atoms with E-state index in [4.69, 9.17) is 11.6 Å². The van der Waals surface area contributed by atoms with Gasteiger partial charge in [-0.05, 0) is 37.9 Å². The summed E-state index contributed by atoms with van der Waals surface area (Å²) in [4.78, 5) is 15.7. The van der Waals surface area contributed by atoms with Crippen LogP contribution in [0.3, 0.4) is 0 Å². The Balaban J connectivity index is 1.87. The molecule has 0 unspecified atom stereocenters. The number of nitrogens with one attached hydrogen (secondary N) is 2. The monoisotopic (exact) mass is 253 g/mol. The molecule has 1 amide bonds. The number of carbonyl (C=O) groups is 1. The van der Waals surface area contributed by atoms with E-state index >= 15 is 0 Å². The van der Waals surface area contributed by atoms with Crippen LogP contribution in [0.4, 0.5) is 0 Å². The number of rotatable bonds is 3. The zero-order valence-electron chi connectivity index (χ0n) is 9.58. The molecule has 1 aliphatic heterocycles. The quantitative estimate of drug-likeness (QED) is 0.858. The molecule has 92 valence electrons. The predicted octanol–water partition coefficient (Wildman–Crippen LogP) is 1.46. The van der Waals surface area contributed by atoms with Crippen molar-refractivity contribution in [1.82, 2.24) is 15.6 Å². The maximum absolute atomic E-state index is 11.9. The molecule has 1 fully saturated rings. The van der Waals surface area contributed by atoms with Gasteiger partial charge in [0.2, 0.25) is 0 Å². The average Bonchev–Trinajstić information content (AvgIpc) is 2.38. The zero-order valence-corrected chi connectivity index (χ0v) is 10.3. The van der Waals surface area contributed by atoms with Gasteiger partial charge in [-0.25, -0.2) is 0 Å². The van der Waals surface area contributed by atoms with Crippen molar-refractivity contribution in [3.05, 3.63) is 29.0 Å². The Morgan fingerprint density at radius 3 is 3.24 bits per heavy atom. The molecule has 2 rings (SSSR count). The third-order valence-corrected chi connectivity index (χ3v) is 3.27. The lowest BCUT2D eigenvalue weighted by atomic mass is 10.00.